The van der Waals surface area contributed by atoms with Crippen LogP contribution in [-0.2, 0) is 0 Å². The molecule has 11 unspecified atom stereocenters. The van der Waals surface area contributed by atoms with Crippen LogP contribution in [0.1, 0.15) is 150 Å². The highest BCUT2D eigenvalue weighted by Gasteiger charge is 2.48. The Bertz CT molecular complexity index is 577. The molecule has 0 amide bonds. The Kier molecular flexibility index (Phi) is 10.3. The molecule has 0 radical (unpaired) electrons. The molecular formula is C34H62. The first-order valence-electron chi connectivity index (χ1n) is 16.6. The molecule has 0 aromatic rings. The lowest BCUT2D eigenvalue weighted by Gasteiger charge is -2.51. The fraction of sp³-hybridized carbons (Fsp3) is 1.00. The molecule has 0 N–H and O–H groups in total. The van der Waals surface area contributed by atoms with Gasteiger partial charge in [-0.25, -0.2) is 0 Å². The Hall–Kier alpha value is 0. The van der Waals surface area contributed by atoms with Crippen LogP contribution in [-0.4, -0.2) is 0 Å². The van der Waals surface area contributed by atoms with Crippen molar-refractivity contribution in [2.24, 2.45) is 65.1 Å². The summed E-state index contributed by atoms with van der Waals surface area (Å²) in [6, 6.07) is 0. The smallest absolute Gasteiger partial charge is 0.0324 e. The molecule has 5 fully saturated rings. The van der Waals surface area contributed by atoms with Crippen LogP contribution < -0.4 is 0 Å². The van der Waals surface area contributed by atoms with Crippen molar-refractivity contribution in [2.45, 2.75) is 150 Å². The molecule has 0 heterocycles. The van der Waals surface area contributed by atoms with E-state index in [4.69, 9.17) is 0 Å². The Morgan fingerprint density at radius 3 is 2.00 bits per heavy atom. The first-order chi connectivity index (χ1) is 16.6. The van der Waals surface area contributed by atoms with Crippen molar-refractivity contribution < 1.29 is 0 Å². The zero-order valence-electron chi connectivity index (χ0n) is 24.1. The second kappa shape index (κ2) is 13.0. The maximum Gasteiger partial charge on any atom is -0.0324 e. The topological polar surface area (TPSA) is 0 Å². The van der Waals surface area contributed by atoms with Crippen LogP contribution >= 0.6 is 0 Å². The van der Waals surface area contributed by atoms with Crippen molar-refractivity contribution in [3.63, 3.8) is 0 Å². The number of unbranched alkanes of at least 4 members (excludes halogenated alkanes) is 1. The highest BCUT2D eigenvalue weighted by atomic mass is 14.5. The van der Waals surface area contributed by atoms with E-state index in [9.17, 15) is 0 Å². The molecule has 5 aliphatic rings. The highest BCUT2D eigenvalue weighted by molar-refractivity contribution is 4.98. The third-order valence-electron chi connectivity index (χ3n) is 12.5. The van der Waals surface area contributed by atoms with E-state index < -0.39 is 0 Å². The molecule has 0 aromatic heterocycles. The van der Waals surface area contributed by atoms with Gasteiger partial charge in [0.15, 0.2) is 0 Å². The van der Waals surface area contributed by atoms with Crippen molar-refractivity contribution in [3.8, 4) is 0 Å². The monoisotopic (exact) mass is 470 g/mol. The zero-order valence-corrected chi connectivity index (χ0v) is 24.1. The lowest BCUT2D eigenvalue weighted by atomic mass is 9.55. The van der Waals surface area contributed by atoms with Crippen molar-refractivity contribution in [1.29, 1.82) is 0 Å². The average Bonchev–Trinajstić information content (AvgIpc) is 3.49. The third-order valence-corrected chi connectivity index (χ3v) is 12.5. The van der Waals surface area contributed by atoms with Gasteiger partial charge in [0.2, 0.25) is 0 Å². The predicted molar refractivity (Wildman–Crippen MR) is 150 cm³/mol. The number of rotatable bonds is 6. The van der Waals surface area contributed by atoms with E-state index in [-0.39, 0.29) is 0 Å². The summed E-state index contributed by atoms with van der Waals surface area (Å²) in [5, 5.41) is 0. The first kappa shape index (κ1) is 27.0. The summed E-state index contributed by atoms with van der Waals surface area (Å²) >= 11 is 0. The summed E-state index contributed by atoms with van der Waals surface area (Å²) in [5.41, 5.74) is 0. The van der Waals surface area contributed by atoms with Gasteiger partial charge in [-0.15, -0.1) is 0 Å². The summed E-state index contributed by atoms with van der Waals surface area (Å²) in [5.74, 6) is 11.9. The van der Waals surface area contributed by atoms with E-state index in [1.807, 2.05) is 0 Å². The predicted octanol–water partition coefficient (Wildman–Crippen LogP) is 10.9. The third kappa shape index (κ3) is 6.10. The molecule has 0 nitrogen and oxygen atoms in total. The van der Waals surface area contributed by atoms with Crippen LogP contribution in [0.15, 0.2) is 0 Å². The fourth-order valence-corrected chi connectivity index (χ4v) is 10.6. The standard InChI is InChI=1S/C24H44.C10H18/c1-5-8-11-22-17(4)15-20-10-9-12-23(20)24(22)21-14-13-18(6-2)19(7-3)16-21;1-8-6-7-9-4-2-3-5-10(8)9/h17-24H,5-16H2,1-4H3;8-10H,2-7H2,1H3. The van der Waals surface area contributed by atoms with Gasteiger partial charge in [-0.05, 0) is 116 Å². The number of hydrogen-bond donors (Lipinski definition) is 0. The molecule has 0 heteroatoms. The summed E-state index contributed by atoms with van der Waals surface area (Å²) in [7, 11) is 0. The summed E-state index contributed by atoms with van der Waals surface area (Å²) in [4.78, 5) is 0. The molecule has 11 atom stereocenters. The average molecular weight is 471 g/mol. The molecule has 0 saturated heterocycles. The maximum absolute atomic E-state index is 2.62. The first-order valence-corrected chi connectivity index (χ1v) is 16.6. The number of fused-ring (bicyclic) bond motifs is 2. The minimum absolute atomic E-state index is 1.00. The van der Waals surface area contributed by atoms with Gasteiger partial charge in [0.25, 0.3) is 0 Å². The molecule has 5 rings (SSSR count). The molecule has 0 spiro atoms. The quantitative estimate of drug-likeness (QED) is 0.362. The Morgan fingerprint density at radius 2 is 1.26 bits per heavy atom. The van der Waals surface area contributed by atoms with Crippen LogP contribution in [0.25, 0.3) is 0 Å². The van der Waals surface area contributed by atoms with Gasteiger partial charge in [-0.1, -0.05) is 98.8 Å². The van der Waals surface area contributed by atoms with E-state index in [1.165, 1.54) is 51.4 Å². The largest absolute Gasteiger partial charge is 0.0654 e. The fourth-order valence-electron chi connectivity index (χ4n) is 10.6. The van der Waals surface area contributed by atoms with Crippen molar-refractivity contribution in [1.82, 2.24) is 0 Å². The lowest BCUT2D eigenvalue weighted by molar-refractivity contribution is -0.0149. The van der Waals surface area contributed by atoms with Crippen LogP contribution in [0.4, 0.5) is 0 Å². The minimum atomic E-state index is 1.00. The van der Waals surface area contributed by atoms with E-state index in [0.29, 0.717) is 0 Å². The van der Waals surface area contributed by atoms with Crippen LogP contribution in [0, 0.1) is 65.1 Å². The number of hydrogen-bond acceptors (Lipinski definition) is 0. The summed E-state index contributed by atoms with van der Waals surface area (Å²) in [6.45, 7) is 12.4. The van der Waals surface area contributed by atoms with E-state index in [0.717, 1.165) is 65.1 Å². The lowest BCUT2D eigenvalue weighted by Crippen LogP contribution is -2.43. The van der Waals surface area contributed by atoms with Crippen LogP contribution in [0.3, 0.4) is 0 Å². The van der Waals surface area contributed by atoms with Gasteiger partial charge in [0, 0.05) is 0 Å². The van der Waals surface area contributed by atoms with E-state index in [1.54, 1.807) is 64.2 Å². The summed E-state index contributed by atoms with van der Waals surface area (Å²) in [6.07, 6.45) is 27.4. The van der Waals surface area contributed by atoms with Gasteiger partial charge in [-0.3, -0.25) is 0 Å². The SMILES string of the molecule is CC1CCC2CCCCC12.CCCCC1C(C)CC2CCCC2C1C1CCC(CC)C(CC)C1. The second-order valence-electron chi connectivity index (χ2n) is 14.1. The second-order valence-corrected chi connectivity index (χ2v) is 14.1. The van der Waals surface area contributed by atoms with Gasteiger partial charge >= 0.3 is 0 Å². The van der Waals surface area contributed by atoms with Crippen LogP contribution in [0.5, 0.6) is 0 Å². The molecule has 5 aliphatic carbocycles. The van der Waals surface area contributed by atoms with Crippen molar-refractivity contribution in [3.05, 3.63) is 0 Å². The van der Waals surface area contributed by atoms with Gasteiger partial charge in [0.05, 0.1) is 0 Å². The van der Waals surface area contributed by atoms with Crippen LogP contribution in [0.2, 0.25) is 0 Å². The Labute approximate surface area is 215 Å². The molecule has 198 valence electrons. The Balaban J connectivity index is 0.000000226. The van der Waals surface area contributed by atoms with Crippen molar-refractivity contribution in [2.75, 3.05) is 0 Å². The maximum atomic E-state index is 2.62. The molecule has 5 saturated carbocycles. The van der Waals surface area contributed by atoms with E-state index in [2.05, 4.69) is 34.6 Å². The molecule has 0 aliphatic heterocycles. The molecule has 0 bridgehead atoms. The van der Waals surface area contributed by atoms with E-state index >= 15 is 0 Å². The van der Waals surface area contributed by atoms with Gasteiger partial charge < -0.3 is 0 Å². The van der Waals surface area contributed by atoms with Crippen molar-refractivity contribution >= 4 is 0 Å². The normalized spacial score (nSPS) is 46.3. The zero-order chi connectivity index (χ0) is 24.1. The minimum Gasteiger partial charge on any atom is -0.0654 e. The van der Waals surface area contributed by atoms with Gasteiger partial charge in [0.1, 0.15) is 0 Å². The van der Waals surface area contributed by atoms with Gasteiger partial charge in [-0.2, -0.15) is 0 Å². The Morgan fingerprint density at radius 1 is 0.559 bits per heavy atom. The molecular weight excluding hydrogens is 408 g/mol. The molecule has 0 aromatic carbocycles. The molecule has 34 heavy (non-hydrogen) atoms. The highest BCUT2D eigenvalue weighted by Crippen LogP contribution is 2.57. The summed E-state index contributed by atoms with van der Waals surface area (Å²) < 4.78 is 0.